The molecular formula is C11H15N5. The van der Waals surface area contributed by atoms with Crippen molar-refractivity contribution in [2.75, 3.05) is 18.0 Å². The van der Waals surface area contributed by atoms with Gasteiger partial charge in [0.2, 0.25) is 0 Å². The van der Waals surface area contributed by atoms with Crippen molar-refractivity contribution < 1.29 is 0 Å². The van der Waals surface area contributed by atoms with Crippen molar-refractivity contribution >= 4 is 5.82 Å². The molecule has 0 aliphatic carbocycles. The van der Waals surface area contributed by atoms with Crippen LogP contribution in [0.1, 0.15) is 19.5 Å². The Kier molecular flexibility index (Phi) is 3.02. The number of hydrogen-bond donors (Lipinski definition) is 1. The minimum absolute atomic E-state index is 0.333. The van der Waals surface area contributed by atoms with Crippen molar-refractivity contribution in [1.82, 2.24) is 15.3 Å². The highest BCUT2D eigenvalue weighted by molar-refractivity contribution is 5.50. The van der Waals surface area contributed by atoms with Crippen LogP contribution in [0.4, 0.5) is 5.82 Å². The Balaban J connectivity index is 2.32. The van der Waals surface area contributed by atoms with Gasteiger partial charge in [-0.05, 0) is 13.8 Å². The number of aromatic nitrogens is 2. The standard InChI is InChI=1S/C11H15N5/c1-8-7-16(9(2)6-15-8)11-10(5-12)13-3-4-14-11/h3-4,8-9,15H,6-7H2,1-2H3. The van der Waals surface area contributed by atoms with Gasteiger partial charge in [0, 0.05) is 37.6 Å². The minimum Gasteiger partial charge on any atom is -0.349 e. The summed E-state index contributed by atoms with van der Waals surface area (Å²) in [6.45, 7) is 6.01. The van der Waals surface area contributed by atoms with Gasteiger partial charge < -0.3 is 10.2 Å². The fourth-order valence-electron chi connectivity index (χ4n) is 1.94. The van der Waals surface area contributed by atoms with E-state index in [1.165, 1.54) is 0 Å². The van der Waals surface area contributed by atoms with Crippen molar-refractivity contribution in [1.29, 1.82) is 5.26 Å². The van der Waals surface area contributed by atoms with Crippen LogP contribution >= 0.6 is 0 Å². The molecule has 2 heterocycles. The number of rotatable bonds is 1. The Bertz CT molecular complexity index is 411. The van der Waals surface area contributed by atoms with Gasteiger partial charge in [0.1, 0.15) is 6.07 Å². The van der Waals surface area contributed by atoms with Gasteiger partial charge in [-0.2, -0.15) is 5.26 Å². The topological polar surface area (TPSA) is 64.8 Å². The van der Waals surface area contributed by atoms with Crippen LogP contribution in [0.25, 0.3) is 0 Å². The van der Waals surface area contributed by atoms with Gasteiger partial charge in [0.25, 0.3) is 0 Å². The fourth-order valence-corrected chi connectivity index (χ4v) is 1.94. The number of nitriles is 1. The maximum atomic E-state index is 9.01. The van der Waals surface area contributed by atoms with Crippen LogP contribution in [0.5, 0.6) is 0 Å². The first-order valence-electron chi connectivity index (χ1n) is 5.43. The summed E-state index contributed by atoms with van der Waals surface area (Å²) in [5.74, 6) is 0.700. The number of nitrogens with one attached hydrogen (secondary N) is 1. The molecule has 0 bridgehead atoms. The summed E-state index contributed by atoms with van der Waals surface area (Å²) >= 11 is 0. The molecule has 0 spiro atoms. The Morgan fingerprint density at radius 1 is 1.44 bits per heavy atom. The average Bonchev–Trinajstić information content (AvgIpc) is 2.32. The Hall–Kier alpha value is -1.67. The Morgan fingerprint density at radius 2 is 2.19 bits per heavy atom. The smallest absolute Gasteiger partial charge is 0.183 e. The van der Waals surface area contributed by atoms with Crippen molar-refractivity contribution in [2.24, 2.45) is 0 Å². The monoisotopic (exact) mass is 217 g/mol. The maximum absolute atomic E-state index is 9.01. The molecule has 0 aromatic carbocycles. The quantitative estimate of drug-likeness (QED) is 0.743. The predicted molar refractivity (Wildman–Crippen MR) is 61.0 cm³/mol. The number of anilines is 1. The normalized spacial score (nSPS) is 25.2. The van der Waals surface area contributed by atoms with Gasteiger partial charge in [-0.3, -0.25) is 0 Å². The molecule has 1 aromatic rings. The van der Waals surface area contributed by atoms with E-state index in [-0.39, 0.29) is 0 Å². The molecule has 2 rings (SSSR count). The van der Waals surface area contributed by atoms with Gasteiger partial charge in [0.05, 0.1) is 0 Å². The predicted octanol–water partition coefficient (Wildman–Crippen LogP) is 0.535. The first kappa shape index (κ1) is 10.8. The second-order valence-electron chi connectivity index (χ2n) is 4.15. The van der Waals surface area contributed by atoms with Crippen molar-refractivity contribution in [3.63, 3.8) is 0 Å². The van der Waals surface area contributed by atoms with E-state index in [1.807, 2.05) is 0 Å². The zero-order valence-electron chi connectivity index (χ0n) is 9.51. The molecule has 16 heavy (non-hydrogen) atoms. The van der Waals surface area contributed by atoms with Crippen LogP contribution < -0.4 is 10.2 Å². The third-order valence-electron chi connectivity index (χ3n) is 2.82. The van der Waals surface area contributed by atoms with Crippen molar-refractivity contribution in [3.8, 4) is 6.07 Å². The summed E-state index contributed by atoms with van der Waals surface area (Å²) in [6.07, 6.45) is 3.19. The first-order chi connectivity index (χ1) is 7.72. The lowest BCUT2D eigenvalue weighted by Gasteiger charge is -2.38. The Labute approximate surface area is 95.1 Å². The van der Waals surface area contributed by atoms with Crippen LogP contribution in [-0.4, -0.2) is 35.1 Å². The summed E-state index contributed by atoms with van der Waals surface area (Å²) < 4.78 is 0. The second-order valence-corrected chi connectivity index (χ2v) is 4.15. The largest absolute Gasteiger partial charge is 0.349 e. The molecule has 1 N–H and O–H groups in total. The molecule has 1 fully saturated rings. The fraction of sp³-hybridized carbons (Fsp3) is 0.545. The summed E-state index contributed by atoms with van der Waals surface area (Å²) in [4.78, 5) is 10.5. The Morgan fingerprint density at radius 3 is 2.94 bits per heavy atom. The van der Waals surface area contributed by atoms with Crippen molar-refractivity contribution in [2.45, 2.75) is 25.9 Å². The van der Waals surface area contributed by atoms with Crippen LogP contribution in [0.2, 0.25) is 0 Å². The highest BCUT2D eigenvalue weighted by Crippen LogP contribution is 2.19. The lowest BCUT2D eigenvalue weighted by Crippen LogP contribution is -2.55. The minimum atomic E-state index is 0.333. The average molecular weight is 217 g/mol. The van der Waals surface area contributed by atoms with Gasteiger partial charge in [-0.1, -0.05) is 0 Å². The zero-order valence-corrected chi connectivity index (χ0v) is 9.51. The molecule has 2 atom stereocenters. The maximum Gasteiger partial charge on any atom is 0.183 e. The van der Waals surface area contributed by atoms with Crippen LogP contribution in [0, 0.1) is 11.3 Å². The molecule has 0 amide bonds. The molecule has 1 aromatic heterocycles. The van der Waals surface area contributed by atoms with Gasteiger partial charge in [0.15, 0.2) is 11.5 Å². The lowest BCUT2D eigenvalue weighted by atomic mass is 10.1. The molecule has 84 valence electrons. The van der Waals surface area contributed by atoms with Gasteiger partial charge >= 0.3 is 0 Å². The molecule has 5 heteroatoms. The molecule has 1 saturated heterocycles. The van der Waals surface area contributed by atoms with E-state index in [0.29, 0.717) is 23.6 Å². The van der Waals surface area contributed by atoms with E-state index in [9.17, 15) is 0 Å². The molecular weight excluding hydrogens is 202 g/mol. The summed E-state index contributed by atoms with van der Waals surface area (Å²) in [7, 11) is 0. The zero-order chi connectivity index (χ0) is 11.5. The third-order valence-corrected chi connectivity index (χ3v) is 2.82. The lowest BCUT2D eigenvalue weighted by molar-refractivity contribution is 0.422. The van der Waals surface area contributed by atoms with Gasteiger partial charge in [-0.25, -0.2) is 9.97 Å². The molecule has 2 unspecified atom stereocenters. The van der Waals surface area contributed by atoms with Gasteiger partial charge in [-0.15, -0.1) is 0 Å². The molecule has 1 aliphatic heterocycles. The molecule has 1 aliphatic rings. The van der Waals surface area contributed by atoms with E-state index < -0.39 is 0 Å². The van der Waals surface area contributed by atoms with Crippen LogP contribution in [0.3, 0.4) is 0 Å². The molecule has 0 radical (unpaired) electrons. The van der Waals surface area contributed by atoms with Crippen LogP contribution in [-0.2, 0) is 0 Å². The third kappa shape index (κ3) is 1.97. The molecule has 0 saturated carbocycles. The summed E-state index contributed by atoms with van der Waals surface area (Å²) in [5, 5.41) is 12.4. The second kappa shape index (κ2) is 4.45. The van der Waals surface area contributed by atoms with E-state index in [0.717, 1.165) is 13.1 Å². The van der Waals surface area contributed by atoms with Crippen LogP contribution in [0.15, 0.2) is 12.4 Å². The number of piperazine rings is 1. The van der Waals surface area contributed by atoms with E-state index in [2.05, 4.69) is 40.1 Å². The van der Waals surface area contributed by atoms with E-state index in [1.54, 1.807) is 12.4 Å². The number of hydrogen-bond acceptors (Lipinski definition) is 5. The first-order valence-corrected chi connectivity index (χ1v) is 5.43. The summed E-state index contributed by atoms with van der Waals surface area (Å²) in [5.41, 5.74) is 0.406. The summed E-state index contributed by atoms with van der Waals surface area (Å²) in [6, 6.07) is 2.83. The SMILES string of the molecule is CC1CN(c2nccnc2C#N)C(C)CN1. The molecule has 5 nitrogen and oxygen atoms in total. The highest BCUT2D eigenvalue weighted by Gasteiger charge is 2.25. The number of nitrogens with zero attached hydrogens (tertiary/aromatic N) is 4. The van der Waals surface area contributed by atoms with Crippen molar-refractivity contribution in [3.05, 3.63) is 18.1 Å². The van der Waals surface area contributed by atoms with E-state index >= 15 is 0 Å². The van der Waals surface area contributed by atoms with E-state index in [4.69, 9.17) is 5.26 Å². The highest BCUT2D eigenvalue weighted by atomic mass is 15.3.